The average molecular weight is 250 g/mol. The SMILES string of the molecule is CC(C)(N)CC(=O)NCCO.O=C(O)C(=O)O. The van der Waals surface area contributed by atoms with Crippen molar-refractivity contribution in [2.75, 3.05) is 13.2 Å². The molecule has 6 N–H and O–H groups in total. The molecule has 0 aromatic rings. The number of rotatable bonds is 4. The molecule has 0 fully saturated rings. The Balaban J connectivity index is 0. The van der Waals surface area contributed by atoms with Crippen LogP contribution < -0.4 is 11.1 Å². The topological polar surface area (TPSA) is 150 Å². The van der Waals surface area contributed by atoms with Gasteiger partial charge < -0.3 is 26.4 Å². The highest BCUT2D eigenvalue weighted by molar-refractivity contribution is 6.27. The number of carbonyl (C=O) groups is 3. The molecule has 0 rings (SSSR count). The summed E-state index contributed by atoms with van der Waals surface area (Å²) in [4.78, 5) is 29.1. The molecule has 100 valence electrons. The third-order valence-corrected chi connectivity index (χ3v) is 1.23. The van der Waals surface area contributed by atoms with Crippen molar-refractivity contribution < 1.29 is 29.7 Å². The molecule has 17 heavy (non-hydrogen) atoms. The fraction of sp³-hybridized carbons (Fsp3) is 0.667. The Morgan fingerprint density at radius 3 is 1.82 bits per heavy atom. The summed E-state index contributed by atoms with van der Waals surface area (Å²) in [6.45, 7) is 3.84. The minimum Gasteiger partial charge on any atom is -0.473 e. The highest BCUT2D eigenvalue weighted by Crippen LogP contribution is 2.01. The van der Waals surface area contributed by atoms with Crippen molar-refractivity contribution in [3.05, 3.63) is 0 Å². The van der Waals surface area contributed by atoms with Gasteiger partial charge in [-0.1, -0.05) is 0 Å². The average Bonchev–Trinajstić information content (AvgIpc) is 2.12. The van der Waals surface area contributed by atoms with Gasteiger partial charge in [0.05, 0.1) is 6.61 Å². The van der Waals surface area contributed by atoms with E-state index in [4.69, 9.17) is 30.6 Å². The standard InChI is InChI=1S/C7H16N2O2.C2H2O4/c1-7(2,8)5-6(11)9-3-4-10;3-1(4)2(5)6/h10H,3-5,8H2,1-2H3,(H,9,11);(H,3,4)(H,5,6). The Labute approximate surface area is 98.4 Å². The summed E-state index contributed by atoms with van der Waals surface area (Å²) in [5, 5.41) is 25.7. The van der Waals surface area contributed by atoms with Crippen molar-refractivity contribution >= 4 is 17.8 Å². The lowest BCUT2D eigenvalue weighted by Gasteiger charge is -2.17. The molecule has 0 heterocycles. The fourth-order valence-electron chi connectivity index (χ4n) is 0.672. The number of carboxylic acid groups (broad SMARTS) is 2. The molecule has 0 saturated carbocycles. The Bertz CT molecular complexity index is 259. The molecule has 0 aliphatic heterocycles. The fourth-order valence-corrected chi connectivity index (χ4v) is 0.672. The maximum Gasteiger partial charge on any atom is 0.414 e. The molecule has 8 nitrogen and oxygen atoms in total. The van der Waals surface area contributed by atoms with Crippen LogP contribution in [0.5, 0.6) is 0 Å². The van der Waals surface area contributed by atoms with E-state index >= 15 is 0 Å². The monoisotopic (exact) mass is 250 g/mol. The van der Waals surface area contributed by atoms with E-state index in [1.807, 2.05) is 0 Å². The van der Waals surface area contributed by atoms with Crippen molar-refractivity contribution in [3.63, 3.8) is 0 Å². The van der Waals surface area contributed by atoms with Gasteiger partial charge in [0.25, 0.3) is 0 Å². The van der Waals surface area contributed by atoms with Gasteiger partial charge in [-0.25, -0.2) is 9.59 Å². The Morgan fingerprint density at radius 2 is 1.59 bits per heavy atom. The van der Waals surface area contributed by atoms with Crippen molar-refractivity contribution in [2.24, 2.45) is 5.73 Å². The number of carboxylic acids is 2. The second-order valence-corrected chi connectivity index (χ2v) is 3.85. The van der Waals surface area contributed by atoms with Gasteiger partial charge in [0, 0.05) is 18.5 Å². The van der Waals surface area contributed by atoms with E-state index < -0.39 is 17.5 Å². The van der Waals surface area contributed by atoms with Crippen LogP contribution in [0, 0.1) is 0 Å². The minimum absolute atomic E-state index is 0.0310. The first-order valence-corrected chi connectivity index (χ1v) is 4.73. The molecule has 0 unspecified atom stereocenters. The van der Waals surface area contributed by atoms with Crippen LogP contribution in [0.3, 0.4) is 0 Å². The lowest BCUT2D eigenvalue weighted by atomic mass is 10.0. The number of nitrogens with one attached hydrogen (secondary N) is 1. The summed E-state index contributed by atoms with van der Waals surface area (Å²) < 4.78 is 0. The van der Waals surface area contributed by atoms with Gasteiger partial charge in [0.15, 0.2) is 0 Å². The molecule has 0 spiro atoms. The smallest absolute Gasteiger partial charge is 0.414 e. The third kappa shape index (κ3) is 17.0. The van der Waals surface area contributed by atoms with Crippen molar-refractivity contribution in [1.29, 1.82) is 0 Å². The first-order valence-electron chi connectivity index (χ1n) is 4.73. The third-order valence-electron chi connectivity index (χ3n) is 1.23. The number of carbonyl (C=O) groups excluding carboxylic acids is 1. The zero-order valence-corrected chi connectivity index (χ0v) is 9.77. The molecule has 8 heteroatoms. The van der Waals surface area contributed by atoms with E-state index in [0.29, 0.717) is 6.54 Å². The largest absolute Gasteiger partial charge is 0.473 e. The van der Waals surface area contributed by atoms with Crippen LogP contribution in [0.1, 0.15) is 20.3 Å². The molecule has 0 bridgehead atoms. The number of nitrogens with two attached hydrogens (primary N) is 1. The van der Waals surface area contributed by atoms with Crippen molar-refractivity contribution in [3.8, 4) is 0 Å². The summed E-state index contributed by atoms with van der Waals surface area (Å²) in [5.41, 5.74) is 5.11. The van der Waals surface area contributed by atoms with Crippen LogP contribution in [0.15, 0.2) is 0 Å². The van der Waals surface area contributed by atoms with Crippen molar-refractivity contribution in [1.82, 2.24) is 5.32 Å². The molecule has 0 atom stereocenters. The van der Waals surface area contributed by atoms with Crippen LogP contribution in [0.2, 0.25) is 0 Å². The van der Waals surface area contributed by atoms with Gasteiger partial charge in [0.2, 0.25) is 5.91 Å². The molecule has 0 aliphatic rings. The normalized spacial score (nSPS) is 9.88. The molecule has 0 radical (unpaired) electrons. The predicted octanol–water partition coefficient (Wildman–Crippen LogP) is -1.62. The number of amides is 1. The quantitative estimate of drug-likeness (QED) is 0.376. The van der Waals surface area contributed by atoms with E-state index in [-0.39, 0.29) is 18.9 Å². The number of aliphatic carboxylic acids is 2. The van der Waals surface area contributed by atoms with Gasteiger partial charge in [-0.05, 0) is 13.8 Å². The molecule has 0 aromatic carbocycles. The highest BCUT2D eigenvalue weighted by atomic mass is 16.4. The van der Waals surface area contributed by atoms with E-state index in [2.05, 4.69) is 5.32 Å². The van der Waals surface area contributed by atoms with Gasteiger partial charge in [-0.3, -0.25) is 4.79 Å². The lowest BCUT2D eigenvalue weighted by molar-refractivity contribution is -0.159. The first kappa shape index (κ1) is 17.7. The Hall–Kier alpha value is -1.67. The van der Waals surface area contributed by atoms with Gasteiger partial charge in [0.1, 0.15) is 0 Å². The van der Waals surface area contributed by atoms with Crippen LogP contribution in [-0.2, 0) is 14.4 Å². The summed E-state index contributed by atoms with van der Waals surface area (Å²) in [5.74, 6) is -3.77. The summed E-state index contributed by atoms with van der Waals surface area (Å²) >= 11 is 0. The molecule has 0 saturated heterocycles. The number of hydrogen-bond donors (Lipinski definition) is 5. The molecular formula is C9H18N2O6. The molecule has 0 aliphatic carbocycles. The van der Waals surface area contributed by atoms with Gasteiger partial charge >= 0.3 is 11.9 Å². The maximum atomic E-state index is 10.9. The molecule has 0 aromatic heterocycles. The molecule has 1 amide bonds. The van der Waals surface area contributed by atoms with E-state index in [1.54, 1.807) is 13.8 Å². The van der Waals surface area contributed by atoms with E-state index in [9.17, 15) is 4.79 Å². The minimum atomic E-state index is -1.82. The maximum absolute atomic E-state index is 10.9. The molecular weight excluding hydrogens is 232 g/mol. The highest BCUT2D eigenvalue weighted by Gasteiger charge is 2.15. The van der Waals surface area contributed by atoms with E-state index in [0.717, 1.165) is 0 Å². The Morgan fingerprint density at radius 1 is 1.18 bits per heavy atom. The number of aliphatic hydroxyl groups is 1. The van der Waals surface area contributed by atoms with E-state index in [1.165, 1.54) is 0 Å². The van der Waals surface area contributed by atoms with Gasteiger partial charge in [-0.2, -0.15) is 0 Å². The van der Waals surface area contributed by atoms with Crippen LogP contribution in [0.25, 0.3) is 0 Å². The van der Waals surface area contributed by atoms with Crippen LogP contribution in [0.4, 0.5) is 0 Å². The van der Waals surface area contributed by atoms with Crippen molar-refractivity contribution in [2.45, 2.75) is 25.8 Å². The summed E-state index contributed by atoms with van der Waals surface area (Å²) in [7, 11) is 0. The van der Waals surface area contributed by atoms with Gasteiger partial charge in [-0.15, -0.1) is 0 Å². The predicted molar refractivity (Wildman–Crippen MR) is 58.3 cm³/mol. The first-order chi connectivity index (χ1) is 7.60. The number of hydrogen-bond acceptors (Lipinski definition) is 5. The van der Waals surface area contributed by atoms with Crippen LogP contribution >= 0.6 is 0 Å². The lowest BCUT2D eigenvalue weighted by Crippen LogP contribution is -2.39. The summed E-state index contributed by atoms with van der Waals surface area (Å²) in [6.07, 6.45) is 0.285. The van der Waals surface area contributed by atoms with Crippen LogP contribution in [-0.4, -0.2) is 51.9 Å². The number of aliphatic hydroxyl groups excluding tert-OH is 1. The zero-order chi connectivity index (χ0) is 14.1. The summed E-state index contributed by atoms with van der Waals surface area (Å²) in [6, 6.07) is 0. The second kappa shape index (κ2) is 8.48. The zero-order valence-electron chi connectivity index (χ0n) is 9.77. The second-order valence-electron chi connectivity index (χ2n) is 3.85. The Kier molecular flexibility index (Phi) is 8.84.